The Morgan fingerprint density at radius 1 is 1.08 bits per heavy atom. The summed E-state index contributed by atoms with van der Waals surface area (Å²) in [6.07, 6.45) is 0.356. The van der Waals surface area contributed by atoms with E-state index in [1.54, 1.807) is 19.1 Å². The topological polar surface area (TPSA) is 48.0 Å². The van der Waals surface area contributed by atoms with Gasteiger partial charge in [-0.1, -0.05) is 23.7 Å². The van der Waals surface area contributed by atoms with Crippen LogP contribution in [0.25, 0.3) is 0 Å². The van der Waals surface area contributed by atoms with Gasteiger partial charge in [-0.25, -0.2) is 4.79 Å². The number of carbonyl (C=O) groups excluding carboxylic acids is 1. The molecule has 0 aromatic heterocycles. The van der Waals surface area contributed by atoms with Gasteiger partial charge in [-0.15, -0.1) is 0 Å². The Morgan fingerprint density at radius 3 is 2.32 bits per heavy atom. The minimum absolute atomic E-state index is 0.270. The molecule has 0 bridgehead atoms. The number of methoxy groups -OCH3 is 3. The zero-order valence-corrected chi connectivity index (χ0v) is 15.2. The van der Waals surface area contributed by atoms with Crippen molar-refractivity contribution >= 4 is 17.7 Å². The molecule has 25 heavy (non-hydrogen) atoms. The molecule has 0 radical (unpaired) electrons. The van der Waals surface area contributed by atoms with Crippen molar-refractivity contribution in [2.45, 2.75) is 12.5 Å². The zero-order valence-electron chi connectivity index (χ0n) is 14.4. The highest BCUT2D eigenvalue weighted by molar-refractivity contribution is 6.30. The molecule has 1 unspecified atom stereocenters. The predicted molar refractivity (Wildman–Crippen MR) is 95.7 cm³/mol. The van der Waals surface area contributed by atoms with Crippen molar-refractivity contribution < 1.29 is 19.0 Å². The van der Waals surface area contributed by atoms with E-state index in [0.717, 1.165) is 23.1 Å². The lowest BCUT2D eigenvalue weighted by atomic mass is 9.88. The summed E-state index contributed by atoms with van der Waals surface area (Å²) < 4.78 is 15.8. The second kappa shape index (κ2) is 7.23. The average molecular weight is 362 g/mol. The van der Waals surface area contributed by atoms with Crippen molar-refractivity contribution in [3.05, 3.63) is 58.1 Å². The van der Waals surface area contributed by atoms with Gasteiger partial charge < -0.3 is 14.2 Å². The Bertz CT molecular complexity index is 776. The highest BCUT2D eigenvalue weighted by atomic mass is 35.5. The van der Waals surface area contributed by atoms with Crippen LogP contribution in [0.3, 0.4) is 0 Å². The Kier molecular flexibility index (Phi) is 5.04. The van der Waals surface area contributed by atoms with Crippen LogP contribution in [-0.2, 0) is 11.2 Å². The monoisotopic (exact) mass is 361 g/mol. The molecule has 132 valence electrons. The normalized spacial score (nSPS) is 16.2. The maximum atomic E-state index is 12.3. The molecular formula is C19H20ClNO4. The van der Waals surface area contributed by atoms with E-state index in [-0.39, 0.29) is 12.1 Å². The molecule has 0 saturated heterocycles. The van der Waals surface area contributed by atoms with E-state index < -0.39 is 0 Å². The minimum atomic E-state index is -0.361. The SMILES string of the molecule is COC(=O)N1CCc2cc(OC)c(OC)cc2C1c1ccc(Cl)cc1. The van der Waals surface area contributed by atoms with Gasteiger partial charge in [0.05, 0.1) is 27.4 Å². The second-order valence-electron chi connectivity index (χ2n) is 5.77. The lowest BCUT2D eigenvalue weighted by molar-refractivity contribution is 0.109. The van der Waals surface area contributed by atoms with Gasteiger partial charge in [0, 0.05) is 11.6 Å². The van der Waals surface area contributed by atoms with Crippen molar-refractivity contribution in [1.29, 1.82) is 0 Å². The average Bonchev–Trinajstić information content (AvgIpc) is 2.66. The van der Waals surface area contributed by atoms with E-state index in [2.05, 4.69) is 0 Å². The number of benzene rings is 2. The van der Waals surface area contributed by atoms with Crippen molar-refractivity contribution in [3.8, 4) is 11.5 Å². The summed E-state index contributed by atoms with van der Waals surface area (Å²) in [5.74, 6) is 1.31. The molecule has 0 saturated carbocycles. The third-order valence-corrected chi connectivity index (χ3v) is 4.72. The zero-order chi connectivity index (χ0) is 18.0. The van der Waals surface area contributed by atoms with E-state index in [4.69, 9.17) is 25.8 Å². The minimum Gasteiger partial charge on any atom is -0.493 e. The van der Waals surface area contributed by atoms with Gasteiger partial charge in [-0.05, 0) is 47.4 Å². The summed E-state index contributed by atoms with van der Waals surface area (Å²) in [7, 11) is 4.61. The lowest BCUT2D eigenvalue weighted by Crippen LogP contribution is -2.40. The molecule has 0 N–H and O–H groups in total. The Morgan fingerprint density at radius 2 is 1.72 bits per heavy atom. The van der Waals surface area contributed by atoms with E-state index in [9.17, 15) is 4.79 Å². The Hall–Kier alpha value is -2.40. The van der Waals surface area contributed by atoms with Crippen molar-refractivity contribution in [2.24, 2.45) is 0 Å². The molecule has 1 amide bonds. The standard InChI is InChI=1S/C19H20ClNO4/c1-23-16-10-13-8-9-21(19(22)25-3)18(15(13)11-17(16)24-2)12-4-6-14(20)7-5-12/h4-7,10-11,18H,8-9H2,1-3H3. The quantitative estimate of drug-likeness (QED) is 0.826. The van der Waals surface area contributed by atoms with Crippen LogP contribution in [0.1, 0.15) is 22.7 Å². The molecule has 1 aliphatic rings. The number of carbonyl (C=O) groups is 1. The molecule has 3 rings (SSSR count). The van der Waals surface area contributed by atoms with Crippen LogP contribution in [-0.4, -0.2) is 38.9 Å². The number of rotatable bonds is 3. The van der Waals surface area contributed by atoms with E-state index in [1.165, 1.54) is 7.11 Å². The third kappa shape index (κ3) is 3.24. The number of nitrogens with zero attached hydrogens (tertiary/aromatic N) is 1. The van der Waals surface area contributed by atoms with E-state index >= 15 is 0 Å². The lowest BCUT2D eigenvalue weighted by Gasteiger charge is -2.37. The van der Waals surface area contributed by atoms with Gasteiger partial charge in [-0.3, -0.25) is 4.90 Å². The van der Waals surface area contributed by atoms with Crippen molar-refractivity contribution in [2.75, 3.05) is 27.9 Å². The maximum absolute atomic E-state index is 12.3. The third-order valence-electron chi connectivity index (χ3n) is 4.47. The summed E-state index contributed by atoms with van der Waals surface area (Å²) >= 11 is 6.02. The molecule has 0 spiro atoms. The number of halogens is 1. The molecule has 2 aromatic rings. The first-order chi connectivity index (χ1) is 12.1. The first kappa shape index (κ1) is 17.4. The van der Waals surface area contributed by atoms with Gasteiger partial charge in [0.15, 0.2) is 11.5 Å². The van der Waals surface area contributed by atoms with Crippen molar-refractivity contribution in [1.82, 2.24) is 4.90 Å². The first-order valence-corrected chi connectivity index (χ1v) is 8.31. The molecule has 2 aromatic carbocycles. The summed E-state index contributed by atoms with van der Waals surface area (Å²) in [5, 5.41) is 0.650. The van der Waals surface area contributed by atoms with Crippen LogP contribution in [0.4, 0.5) is 4.79 Å². The molecule has 1 atom stereocenters. The molecule has 0 fully saturated rings. The number of fused-ring (bicyclic) bond motifs is 1. The number of ether oxygens (including phenoxy) is 3. The number of hydrogen-bond acceptors (Lipinski definition) is 4. The van der Waals surface area contributed by atoms with Crippen LogP contribution in [0.5, 0.6) is 11.5 Å². The summed E-state index contributed by atoms with van der Waals surface area (Å²) in [6, 6.07) is 11.1. The highest BCUT2D eigenvalue weighted by Crippen LogP contribution is 2.41. The molecular weight excluding hydrogens is 342 g/mol. The summed E-state index contributed by atoms with van der Waals surface area (Å²) in [6.45, 7) is 0.558. The van der Waals surface area contributed by atoms with Crippen LogP contribution in [0, 0.1) is 0 Å². The smallest absolute Gasteiger partial charge is 0.410 e. The largest absolute Gasteiger partial charge is 0.493 e. The van der Waals surface area contributed by atoms with Gasteiger partial charge in [-0.2, -0.15) is 0 Å². The van der Waals surface area contributed by atoms with Gasteiger partial charge >= 0.3 is 6.09 Å². The molecule has 1 aliphatic heterocycles. The first-order valence-electron chi connectivity index (χ1n) is 7.94. The molecule has 6 heteroatoms. The highest BCUT2D eigenvalue weighted by Gasteiger charge is 2.33. The molecule has 0 aliphatic carbocycles. The van der Waals surface area contributed by atoms with Crippen LogP contribution in [0.2, 0.25) is 5.02 Å². The van der Waals surface area contributed by atoms with Crippen LogP contribution in [0.15, 0.2) is 36.4 Å². The maximum Gasteiger partial charge on any atom is 0.410 e. The predicted octanol–water partition coefficient (Wildman–Crippen LogP) is 4.07. The van der Waals surface area contributed by atoms with Gasteiger partial charge in [0.25, 0.3) is 0 Å². The van der Waals surface area contributed by atoms with Crippen LogP contribution >= 0.6 is 11.6 Å². The van der Waals surface area contributed by atoms with Gasteiger partial charge in [0.2, 0.25) is 0 Å². The molecule has 1 heterocycles. The Balaban J connectivity index is 2.15. The summed E-state index contributed by atoms with van der Waals surface area (Å²) in [5.41, 5.74) is 3.08. The molecule has 5 nitrogen and oxygen atoms in total. The van der Waals surface area contributed by atoms with E-state index in [0.29, 0.717) is 23.1 Å². The number of hydrogen-bond donors (Lipinski definition) is 0. The van der Waals surface area contributed by atoms with Crippen molar-refractivity contribution in [3.63, 3.8) is 0 Å². The summed E-state index contributed by atoms with van der Waals surface area (Å²) in [4.78, 5) is 14.0. The fourth-order valence-corrected chi connectivity index (χ4v) is 3.39. The second-order valence-corrected chi connectivity index (χ2v) is 6.21. The fourth-order valence-electron chi connectivity index (χ4n) is 3.26. The van der Waals surface area contributed by atoms with E-state index in [1.807, 2.05) is 36.4 Å². The number of amides is 1. The van der Waals surface area contributed by atoms with Crippen LogP contribution < -0.4 is 9.47 Å². The fraction of sp³-hybridized carbons (Fsp3) is 0.316. The van der Waals surface area contributed by atoms with Gasteiger partial charge in [0.1, 0.15) is 0 Å². The Labute approximate surface area is 152 Å².